The standard InChI is InChI=1S/C23H26ClF2N3O2/c1-23(2,12-27)13-29(22(31)15-7-17(25)10-18(26)8-15)11-16-9-19(5-6-20(16)24)28-21(30)14-3-4-14/h5-10,14H,3-4,11-13,27H2,1-2H3,(H,28,30). The molecular weight excluding hydrogens is 424 g/mol. The molecule has 31 heavy (non-hydrogen) atoms. The molecule has 0 bridgehead atoms. The van der Waals surface area contributed by atoms with Crippen molar-refractivity contribution in [3.05, 3.63) is 64.2 Å². The van der Waals surface area contributed by atoms with E-state index in [9.17, 15) is 18.4 Å². The third-order valence-corrected chi connectivity index (χ3v) is 5.56. The van der Waals surface area contributed by atoms with Crippen LogP contribution < -0.4 is 11.1 Å². The first-order valence-corrected chi connectivity index (χ1v) is 10.5. The van der Waals surface area contributed by atoms with E-state index in [-0.39, 0.29) is 30.5 Å². The van der Waals surface area contributed by atoms with Gasteiger partial charge in [-0.2, -0.15) is 0 Å². The molecule has 8 heteroatoms. The molecule has 2 amide bonds. The fourth-order valence-corrected chi connectivity index (χ4v) is 3.39. The predicted molar refractivity (Wildman–Crippen MR) is 117 cm³/mol. The average molecular weight is 450 g/mol. The zero-order valence-electron chi connectivity index (χ0n) is 17.6. The molecule has 3 N–H and O–H groups in total. The fraction of sp³-hybridized carbons (Fsp3) is 0.391. The Morgan fingerprint density at radius 3 is 2.39 bits per heavy atom. The Labute approximate surface area is 185 Å². The van der Waals surface area contributed by atoms with E-state index >= 15 is 0 Å². The Balaban J connectivity index is 1.89. The van der Waals surface area contributed by atoms with E-state index in [0.29, 0.717) is 28.9 Å². The fourth-order valence-electron chi connectivity index (χ4n) is 3.21. The van der Waals surface area contributed by atoms with Crippen LogP contribution in [-0.4, -0.2) is 29.8 Å². The van der Waals surface area contributed by atoms with Crippen LogP contribution in [0.3, 0.4) is 0 Å². The van der Waals surface area contributed by atoms with Gasteiger partial charge < -0.3 is 16.0 Å². The van der Waals surface area contributed by atoms with Gasteiger partial charge in [-0.15, -0.1) is 0 Å². The zero-order chi connectivity index (χ0) is 22.8. The number of hydrogen-bond acceptors (Lipinski definition) is 3. The van der Waals surface area contributed by atoms with Crippen molar-refractivity contribution >= 4 is 29.1 Å². The van der Waals surface area contributed by atoms with E-state index in [2.05, 4.69) is 5.32 Å². The van der Waals surface area contributed by atoms with Crippen molar-refractivity contribution in [2.45, 2.75) is 33.2 Å². The predicted octanol–water partition coefficient (Wildman–Crippen LogP) is 4.59. The Morgan fingerprint density at radius 2 is 1.81 bits per heavy atom. The maximum Gasteiger partial charge on any atom is 0.254 e. The molecule has 1 aliphatic carbocycles. The lowest BCUT2D eigenvalue weighted by Gasteiger charge is -2.32. The number of nitrogens with one attached hydrogen (secondary N) is 1. The van der Waals surface area contributed by atoms with Crippen LogP contribution in [0.2, 0.25) is 5.02 Å². The Bertz CT molecular complexity index is 973. The number of benzene rings is 2. The third-order valence-electron chi connectivity index (χ3n) is 5.19. The van der Waals surface area contributed by atoms with Crippen molar-refractivity contribution in [1.29, 1.82) is 0 Å². The molecule has 0 atom stereocenters. The molecule has 0 aromatic heterocycles. The van der Waals surface area contributed by atoms with Gasteiger partial charge in [0.25, 0.3) is 5.91 Å². The lowest BCUT2D eigenvalue weighted by molar-refractivity contribution is -0.117. The highest BCUT2D eigenvalue weighted by molar-refractivity contribution is 6.31. The molecule has 0 radical (unpaired) electrons. The van der Waals surface area contributed by atoms with Gasteiger partial charge in [0.15, 0.2) is 0 Å². The normalized spacial score (nSPS) is 13.7. The van der Waals surface area contributed by atoms with Crippen molar-refractivity contribution in [2.24, 2.45) is 17.1 Å². The second kappa shape index (κ2) is 9.32. The first-order valence-electron chi connectivity index (χ1n) is 10.1. The number of amides is 2. The van der Waals surface area contributed by atoms with Crippen LogP contribution in [0.15, 0.2) is 36.4 Å². The highest BCUT2D eigenvalue weighted by Gasteiger charge is 2.30. The van der Waals surface area contributed by atoms with Crippen LogP contribution in [0.5, 0.6) is 0 Å². The lowest BCUT2D eigenvalue weighted by Crippen LogP contribution is -2.41. The minimum absolute atomic E-state index is 0.0410. The summed E-state index contributed by atoms with van der Waals surface area (Å²) in [5.74, 6) is -2.19. The number of nitrogens with two attached hydrogens (primary N) is 1. The van der Waals surface area contributed by atoms with Gasteiger partial charge in [0, 0.05) is 41.3 Å². The van der Waals surface area contributed by atoms with Crippen LogP contribution in [0.4, 0.5) is 14.5 Å². The van der Waals surface area contributed by atoms with Crippen LogP contribution in [0, 0.1) is 23.0 Å². The number of carbonyl (C=O) groups is 2. The summed E-state index contributed by atoms with van der Waals surface area (Å²) >= 11 is 6.36. The van der Waals surface area contributed by atoms with Crippen molar-refractivity contribution in [1.82, 2.24) is 4.90 Å². The van der Waals surface area contributed by atoms with Gasteiger partial charge in [-0.1, -0.05) is 25.4 Å². The summed E-state index contributed by atoms with van der Waals surface area (Å²) in [6.07, 6.45) is 1.76. The molecule has 1 fully saturated rings. The number of halogens is 3. The minimum Gasteiger partial charge on any atom is -0.334 e. The van der Waals surface area contributed by atoms with Gasteiger partial charge >= 0.3 is 0 Å². The van der Waals surface area contributed by atoms with Crippen LogP contribution in [0.1, 0.15) is 42.6 Å². The van der Waals surface area contributed by atoms with Crippen molar-refractivity contribution in [2.75, 3.05) is 18.4 Å². The van der Waals surface area contributed by atoms with E-state index in [0.717, 1.165) is 25.0 Å². The molecule has 2 aromatic rings. The number of anilines is 1. The number of nitrogens with zero attached hydrogens (tertiary/aromatic N) is 1. The first-order chi connectivity index (χ1) is 14.6. The van der Waals surface area contributed by atoms with Crippen molar-refractivity contribution in [3.8, 4) is 0 Å². The molecule has 0 unspecified atom stereocenters. The molecule has 3 rings (SSSR count). The zero-order valence-corrected chi connectivity index (χ0v) is 18.3. The monoisotopic (exact) mass is 449 g/mol. The maximum absolute atomic E-state index is 13.7. The van der Waals surface area contributed by atoms with E-state index in [1.54, 1.807) is 18.2 Å². The first kappa shape index (κ1) is 23.2. The number of rotatable bonds is 8. The Morgan fingerprint density at radius 1 is 1.16 bits per heavy atom. The maximum atomic E-state index is 13.7. The van der Waals surface area contributed by atoms with Gasteiger partial charge in [0.1, 0.15) is 11.6 Å². The van der Waals surface area contributed by atoms with Gasteiger partial charge in [-0.25, -0.2) is 8.78 Å². The SMILES string of the molecule is CC(C)(CN)CN(Cc1cc(NC(=O)C2CC2)ccc1Cl)C(=O)c1cc(F)cc(F)c1. The second-order valence-corrected chi connectivity index (χ2v) is 9.16. The highest BCUT2D eigenvalue weighted by atomic mass is 35.5. The topological polar surface area (TPSA) is 75.4 Å². The quantitative estimate of drug-likeness (QED) is 0.618. The summed E-state index contributed by atoms with van der Waals surface area (Å²) in [5, 5.41) is 3.27. The lowest BCUT2D eigenvalue weighted by atomic mass is 9.92. The molecule has 0 saturated heterocycles. The third kappa shape index (κ3) is 6.24. The summed E-state index contributed by atoms with van der Waals surface area (Å²) in [4.78, 5) is 26.7. The molecule has 1 aliphatic rings. The molecule has 166 valence electrons. The van der Waals surface area contributed by atoms with Gasteiger partial charge in [-0.3, -0.25) is 9.59 Å². The summed E-state index contributed by atoms with van der Waals surface area (Å²) in [6, 6.07) is 7.78. The summed E-state index contributed by atoms with van der Waals surface area (Å²) < 4.78 is 27.4. The second-order valence-electron chi connectivity index (χ2n) is 8.76. The van der Waals surface area contributed by atoms with Crippen LogP contribution in [-0.2, 0) is 11.3 Å². The number of hydrogen-bond donors (Lipinski definition) is 2. The minimum atomic E-state index is -0.829. The van der Waals surface area contributed by atoms with E-state index in [4.69, 9.17) is 17.3 Å². The molecule has 0 heterocycles. The van der Waals surface area contributed by atoms with E-state index in [1.807, 2.05) is 13.8 Å². The van der Waals surface area contributed by atoms with Crippen LogP contribution in [0.25, 0.3) is 0 Å². The molecule has 1 saturated carbocycles. The largest absolute Gasteiger partial charge is 0.334 e. The van der Waals surface area contributed by atoms with E-state index in [1.165, 1.54) is 4.90 Å². The van der Waals surface area contributed by atoms with Crippen molar-refractivity contribution < 1.29 is 18.4 Å². The highest BCUT2D eigenvalue weighted by Crippen LogP contribution is 2.31. The molecule has 5 nitrogen and oxygen atoms in total. The molecular formula is C23H26ClF2N3O2. The smallest absolute Gasteiger partial charge is 0.254 e. The molecule has 0 aliphatic heterocycles. The Kier molecular flexibility index (Phi) is 6.96. The van der Waals surface area contributed by atoms with Gasteiger partial charge in [-0.05, 0) is 60.7 Å². The van der Waals surface area contributed by atoms with Crippen LogP contribution >= 0.6 is 11.6 Å². The molecule has 2 aromatic carbocycles. The van der Waals surface area contributed by atoms with Gasteiger partial charge in [0.2, 0.25) is 5.91 Å². The van der Waals surface area contributed by atoms with E-state index < -0.39 is 23.0 Å². The average Bonchev–Trinajstić information content (AvgIpc) is 3.54. The molecule has 0 spiro atoms. The van der Waals surface area contributed by atoms with Crippen molar-refractivity contribution in [3.63, 3.8) is 0 Å². The summed E-state index contributed by atoms with van der Waals surface area (Å²) in [5.41, 5.74) is 6.50. The Hall–Kier alpha value is -2.51. The summed E-state index contributed by atoms with van der Waals surface area (Å²) in [7, 11) is 0. The number of carbonyl (C=O) groups excluding carboxylic acids is 2. The van der Waals surface area contributed by atoms with Gasteiger partial charge in [0.05, 0.1) is 0 Å². The summed E-state index contributed by atoms with van der Waals surface area (Å²) in [6.45, 7) is 4.43.